The molecule has 1 spiro atoms. The lowest BCUT2D eigenvalue weighted by molar-refractivity contribution is -0.122. The second-order valence-corrected chi connectivity index (χ2v) is 13.3. The Kier molecular flexibility index (Phi) is 6.99. The number of methoxy groups -OCH3 is 1. The third kappa shape index (κ3) is 4.39. The number of nitrogens with zero attached hydrogens (tertiary/aromatic N) is 2. The van der Waals surface area contributed by atoms with Crippen molar-refractivity contribution in [3.8, 4) is 5.75 Å². The molecule has 43 heavy (non-hydrogen) atoms. The van der Waals surface area contributed by atoms with Crippen LogP contribution in [0, 0.1) is 11.2 Å². The molecule has 8 nitrogen and oxygen atoms in total. The number of aromatic carboxylic acids is 1. The van der Waals surface area contributed by atoms with Gasteiger partial charge in [0, 0.05) is 34.4 Å². The van der Waals surface area contributed by atoms with Crippen LogP contribution >= 0.6 is 23.2 Å². The zero-order valence-corrected chi connectivity index (χ0v) is 25.5. The van der Waals surface area contributed by atoms with Gasteiger partial charge in [0.15, 0.2) is 0 Å². The van der Waals surface area contributed by atoms with Crippen LogP contribution in [0.25, 0.3) is 0 Å². The van der Waals surface area contributed by atoms with Gasteiger partial charge in [-0.2, -0.15) is 0 Å². The summed E-state index contributed by atoms with van der Waals surface area (Å²) < 4.78 is 21.4. The number of nitrogens with one attached hydrogen (secondary N) is 1. The number of fused-ring (bicyclic) bond motifs is 3. The summed E-state index contributed by atoms with van der Waals surface area (Å²) in [6.45, 7) is 6.27. The van der Waals surface area contributed by atoms with Gasteiger partial charge >= 0.3 is 5.97 Å². The van der Waals surface area contributed by atoms with Crippen LogP contribution in [0.2, 0.25) is 10.0 Å². The molecule has 6 rings (SSSR count). The first-order chi connectivity index (χ1) is 20.3. The van der Waals surface area contributed by atoms with Crippen molar-refractivity contribution in [2.45, 2.75) is 50.6 Å². The van der Waals surface area contributed by atoms with Gasteiger partial charge in [-0.3, -0.25) is 19.4 Å². The zero-order chi connectivity index (χ0) is 31.0. The van der Waals surface area contributed by atoms with E-state index in [4.69, 9.17) is 27.9 Å². The van der Waals surface area contributed by atoms with Gasteiger partial charge in [0.2, 0.25) is 11.8 Å². The predicted molar refractivity (Wildman–Crippen MR) is 162 cm³/mol. The lowest BCUT2D eigenvalue weighted by atomic mass is 9.62. The Labute approximate surface area is 258 Å². The number of carbonyl (C=O) groups is 3. The van der Waals surface area contributed by atoms with Gasteiger partial charge in [-0.05, 0) is 53.3 Å². The standard InChI is InChI=1S/C32H30Cl2FN3O5/c1-31(2,3)14-24-32(20-11-8-16(33)12-22(20)36-30(32)42)25(19-6-5-7-21(34)26(19)35)27-28(39)37(15-38(24)27)17-9-10-18(29(40)41)23(13-17)43-4/h5-13,24-25,27H,14-15H2,1-4H3,(H,36,42)(H,40,41). The Bertz CT molecular complexity index is 1690. The number of carboxylic acid groups (broad SMARTS) is 1. The number of hydrogen-bond acceptors (Lipinski definition) is 5. The van der Waals surface area contributed by atoms with Crippen molar-refractivity contribution in [3.63, 3.8) is 0 Å². The summed E-state index contributed by atoms with van der Waals surface area (Å²) >= 11 is 12.6. The quantitative estimate of drug-likeness (QED) is 0.345. The van der Waals surface area contributed by atoms with Crippen molar-refractivity contribution in [2.75, 3.05) is 24.0 Å². The molecule has 2 fully saturated rings. The first-order valence-corrected chi connectivity index (χ1v) is 14.6. The molecule has 0 aliphatic carbocycles. The van der Waals surface area contributed by atoms with E-state index in [2.05, 4.69) is 26.1 Å². The van der Waals surface area contributed by atoms with Gasteiger partial charge in [-0.1, -0.05) is 62.2 Å². The van der Waals surface area contributed by atoms with Gasteiger partial charge in [0.1, 0.15) is 22.5 Å². The minimum absolute atomic E-state index is 0.0419. The van der Waals surface area contributed by atoms with E-state index < -0.39 is 35.2 Å². The first-order valence-electron chi connectivity index (χ1n) is 13.8. The normalized spacial score (nSPS) is 24.8. The number of ether oxygens (including phenoxy) is 1. The van der Waals surface area contributed by atoms with Crippen molar-refractivity contribution in [1.29, 1.82) is 0 Å². The SMILES string of the molecule is COc1cc(N2CN3C(C2=O)C(c2cccc(Cl)c2F)C2(C(=O)Nc4cc(Cl)ccc42)C3CC(C)(C)C)ccc1C(=O)O. The minimum atomic E-state index is -1.34. The number of amides is 2. The first kappa shape index (κ1) is 29.4. The maximum absolute atomic E-state index is 16.0. The number of carbonyl (C=O) groups excluding carboxylic acids is 2. The number of benzene rings is 3. The van der Waals surface area contributed by atoms with Gasteiger partial charge < -0.3 is 15.2 Å². The highest BCUT2D eigenvalue weighted by molar-refractivity contribution is 6.31. The summed E-state index contributed by atoms with van der Waals surface area (Å²) in [6.07, 6.45) is 0.500. The van der Waals surface area contributed by atoms with E-state index >= 15 is 4.39 Å². The summed E-state index contributed by atoms with van der Waals surface area (Å²) in [4.78, 5) is 44.1. The molecular weight excluding hydrogens is 596 g/mol. The van der Waals surface area contributed by atoms with Crippen LogP contribution < -0.4 is 15.0 Å². The molecule has 2 amide bonds. The molecule has 3 aromatic carbocycles. The minimum Gasteiger partial charge on any atom is -0.496 e. The molecule has 3 aliphatic rings. The number of carboxylic acids is 1. The molecular formula is C32H30Cl2FN3O5. The van der Waals surface area contributed by atoms with Crippen molar-refractivity contribution >= 4 is 52.4 Å². The third-order valence-corrected chi connectivity index (χ3v) is 9.34. The lowest BCUT2D eigenvalue weighted by Crippen LogP contribution is -2.52. The number of hydrogen-bond donors (Lipinski definition) is 2. The van der Waals surface area contributed by atoms with E-state index in [0.717, 1.165) is 0 Å². The molecule has 0 radical (unpaired) electrons. The largest absolute Gasteiger partial charge is 0.496 e. The monoisotopic (exact) mass is 625 g/mol. The van der Waals surface area contributed by atoms with E-state index in [1.54, 1.807) is 36.4 Å². The molecule has 224 valence electrons. The van der Waals surface area contributed by atoms with E-state index in [9.17, 15) is 19.5 Å². The van der Waals surface area contributed by atoms with Gasteiger partial charge in [-0.25, -0.2) is 9.18 Å². The third-order valence-electron chi connectivity index (χ3n) is 8.81. The van der Waals surface area contributed by atoms with Crippen molar-refractivity contribution in [3.05, 3.63) is 87.2 Å². The fraction of sp³-hybridized carbons (Fsp3) is 0.344. The maximum atomic E-state index is 16.0. The van der Waals surface area contributed by atoms with Crippen LogP contribution in [0.15, 0.2) is 54.6 Å². The smallest absolute Gasteiger partial charge is 0.339 e. The zero-order valence-electron chi connectivity index (χ0n) is 24.0. The number of rotatable bonds is 5. The van der Waals surface area contributed by atoms with Crippen LogP contribution in [0.5, 0.6) is 5.75 Å². The Morgan fingerprint density at radius 2 is 1.88 bits per heavy atom. The van der Waals surface area contributed by atoms with Crippen LogP contribution in [0.1, 0.15) is 54.6 Å². The molecule has 3 aromatic rings. The Balaban J connectivity index is 1.59. The highest BCUT2D eigenvalue weighted by Crippen LogP contribution is 2.61. The average Bonchev–Trinajstić information content (AvgIpc) is 3.52. The van der Waals surface area contributed by atoms with E-state index in [-0.39, 0.29) is 45.8 Å². The summed E-state index contributed by atoms with van der Waals surface area (Å²) in [5.41, 5.74) is 0.118. The molecule has 11 heteroatoms. The Hall–Kier alpha value is -3.66. The van der Waals surface area contributed by atoms with Gasteiger partial charge in [0.25, 0.3) is 0 Å². The fourth-order valence-electron chi connectivity index (χ4n) is 7.20. The molecule has 3 heterocycles. The van der Waals surface area contributed by atoms with Crippen molar-refractivity contribution < 1.29 is 28.6 Å². The molecule has 3 aliphatic heterocycles. The topological polar surface area (TPSA) is 99.2 Å². The number of anilines is 2. The van der Waals surface area contributed by atoms with Crippen molar-refractivity contribution in [1.82, 2.24) is 4.90 Å². The second kappa shape index (κ2) is 10.2. The fourth-order valence-corrected chi connectivity index (χ4v) is 7.56. The summed E-state index contributed by atoms with van der Waals surface area (Å²) in [5, 5.41) is 12.9. The lowest BCUT2D eigenvalue weighted by Gasteiger charge is -2.40. The summed E-state index contributed by atoms with van der Waals surface area (Å²) in [6, 6.07) is 12.8. The summed E-state index contributed by atoms with van der Waals surface area (Å²) in [5.74, 6) is -3.36. The Morgan fingerprint density at radius 3 is 2.56 bits per heavy atom. The molecule has 4 atom stereocenters. The second-order valence-electron chi connectivity index (χ2n) is 12.5. The van der Waals surface area contributed by atoms with Gasteiger partial charge in [-0.15, -0.1) is 0 Å². The molecule has 4 unspecified atom stereocenters. The maximum Gasteiger partial charge on any atom is 0.339 e. The van der Waals surface area contributed by atoms with E-state index in [1.807, 2.05) is 4.90 Å². The highest BCUT2D eigenvalue weighted by Gasteiger charge is 2.71. The van der Waals surface area contributed by atoms with Crippen LogP contribution in [-0.4, -0.2) is 53.7 Å². The molecule has 0 saturated carbocycles. The van der Waals surface area contributed by atoms with E-state index in [0.29, 0.717) is 28.4 Å². The van der Waals surface area contributed by atoms with E-state index in [1.165, 1.54) is 30.2 Å². The molecule has 2 saturated heterocycles. The average molecular weight is 627 g/mol. The Morgan fingerprint density at radius 1 is 1.14 bits per heavy atom. The van der Waals surface area contributed by atoms with Crippen LogP contribution in [0.4, 0.5) is 15.8 Å². The number of halogens is 3. The molecule has 0 aromatic heterocycles. The predicted octanol–water partition coefficient (Wildman–Crippen LogP) is 6.31. The van der Waals surface area contributed by atoms with Crippen LogP contribution in [0.3, 0.4) is 0 Å². The molecule has 0 bridgehead atoms. The summed E-state index contributed by atoms with van der Waals surface area (Å²) in [7, 11) is 1.36. The highest BCUT2D eigenvalue weighted by atomic mass is 35.5. The van der Waals surface area contributed by atoms with Gasteiger partial charge in [0.05, 0.1) is 24.8 Å². The van der Waals surface area contributed by atoms with Crippen molar-refractivity contribution in [2.24, 2.45) is 5.41 Å². The molecule has 2 N–H and O–H groups in total. The van der Waals surface area contributed by atoms with Crippen LogP contribution in [-0.2, 0) is 15.0 Å².